The van der Waals surface area contributed by atoms with Gasteiger partial charge in [0.1, 0.15) is 12.1 Å². The molecule has 2 aliphatic rings. The lowest BCUT2D eigenvalue weighted by molar-refractivity contribution is -0.236. The summed E-state index contributed by atoms with van der Waals surface area (Å²) in [5.74, 6) is -0.524. The summed E-state index contributed by atoms with van der Waals surface area (Å²) >= 11 is 0. The number of carbonyl (C=O) groups is 2. The molecule has 0 unspecified atom stereocenters. The number of rotatable bonds is 3. The quantitative estimate of drug-likeness (QED) is 0.667. The third kappa shape index (κ3) is 5.11. The van der Waals surface area contributed by atoms with Gasteiger partial charge in [0.25, 0.3) is 0 Å². The molecular weight excluding hydrogens is 455 g/mol. The number of carbonyl (C=O) groups excluding carboxylic acids is 2. The number of pyridine rings is 1. The van der Waals surface area contributed by atoms with Gasteiger partial charge >= 0.3 is 12.3 Å². The van der Waals surface area contributed by atoms with E-state index in [0.717, 1.165) is 21.7 Å². The zero-order chi connectivity index (χ0) is 24.8. The van der Waals surface area contributed by atoms with E-state index < -0.39 is 36.4 Å². The number of aryl methyl sites for hydroxylation is 1. The van der Waals surface area contributed by atoms with Crippen molar-refractivity contribution in [3.05, 3.63) is 23.7 Å². The highest BCUT2D eigenvalue weighted by atomic mass is 19.4. The zero-order valence-corrected chi connectivity index (χ0v) is 19.6. The molecule has 2 aromatic rings. The molecule has 9 nitrogen and oxygen atoms in total. The summed E-state index contributed by atoms with van der Waals surface area (Å²) in [7, 11) is 0. The Morgan fingerprint density at radius 2 is 1.88 bits per heavy atom. The van der Waals surface area contributed by atoms with E-state index in [1.54, 1.807) is 31.9 Å². The first-order valence-corrected chi connectivity index (χ1v) is 11.1. The second-order valence-corrected chi connectivity index (χ2v) is 9.71. The van der Waals surface area contributed by atoms with Crippen LogP contribution in [0.1, 0.15) is 38.1 Å². The lowest BCUT2D eigenvalue weighted by Gasteiger charge is -2.39. The monoisotopic (exact) mass is 483 g/mol. The van der Waals surface area contributed by atoms with Gasteiger partial charge in [0.2, 0.25) is 5.91 Å². The SMILES string of the molecule is Cc1cc2c(C3CN(C(=O)OC(C)(C)C)C3)nn(CC(=O)N3CCO[C@@H](C(F)(F)F)C3)c2cn1. The standard InChI is InChI=1S/C22H28F3N5O4/c1-13-7-15-16(8-26-13)30(12-18(31)28-5-6-33-17(11-28)22(23,24)25)27-19(15)14-9-29(10-14)20(32)34-21(2,3)4/h7-8,14,17H,5-6,9-12H2,1-4H3/t17-/m1/s1. The normalized spacial score (nSPS) is 19.9. The van der Waals surface area contributed by atoms with E-state index in [9.17, 15) is 22.8 Å². The van der Waals surface area contributed by atoms with Crippen molar-refractivity contribution in [1.82, 2.24) is 24.6 Å². The summed E-state index contributed by atoms with van der Waals surface area (Å²) in [6.07, 6.45) is -5.31. The van der Waals surface area contributed by atoms with Crippen molar-refractivity contribution in [3.8, 4) is 0 Å². The molecule has 186 valence electrons. The number of halogens is 3. The molecule has 2 saturated heterocycles. The van der Waals surface area contributed by atoms with Gasteiger partial charge < -0.3 is 19.3 Å². The maximum absolute atomic E-state index is 13.0. The van der Waals surface area contributed by atoms with E-state index in [-0.39, 0.29) is 25.6 Å². The average Bonchev–Trinajstić information content (AvgIpc) is 3.02. The molecule has 0 radical (unpaired) electrons. The summed E-state index contributed by atoms with van der Waals surface area (Å²) in [6.45, 7) is 7.24. The van der Waals surface area contributed by atoms with E-state index in [0.29, 0.717) is 18.6 Å². The van der Waals surface area contributed by atoms with Crippen molar-refractivity contribution in [3.63, 3.8) is 0 Å². The third-order valence-corrected chi connectivity index (χ3v) is 5.79. The Bertz CT molecular complexity index is 1090. The van der Waals surface area contributed by atoms with E-state index in [1.807, 2.05) is 13.0 Å². The smallest absolute Gasteiger partial charge is 0.416 e. The lowest BCUT2D eigenvalue weighted by Crippen LogP contribution is -2.51. The van der Waals surface area contributed by atoms with Crippen LogP contribution in [0.25, 0.3) is 10.9 Å². The molecule has 0 saturated carbocycles. The fourth-order valence-corrected chi connectivity index (χ4v) is 4.05. The van der Waals surface area contributed by atoms with Crippen molar-refractivity contribution >= 4 is 22.9 Å². The van der Waals surface area contributed by atoms with Crippen LogP contribution in [0.5, 0.6) is 0 Å². The first kappa shape index (κ1) is 24.2. The van der Waals surface area contributed by atoms with E-state index in [2.05, 4.69) is 10.1 Å². The maximum atomic E-state index is 13.0. The largest absolute Gasteiger partial charge is 0.444 e. The minimum Gasteiger partial charge on any atom is -0.444 e. The number of aromatic nitrogens is 3. The molecule has 4 heterocycles. The van der Waals surface area contributed by atoms with Gasteiger partial charge in [0.05, 0.1) is 30.6 Å². The Balaban J connectivity index is 1.50. The number of hydrogen-bond acceptors (Lipinski definition) is 6. The third-order valence-electron chi connectivity index (χ3n) is 5.79. The number of amides is 2. The molecule has 34 heavy (non-hydrogen) atoms. The lowest BCUT2D eigenvalue weighted by atomic mass is 9.94. The Kier molecular flexibility index (Phi) is 6.21. The number of alkyl halides is 3. The van der Waals surface area contributed by atoms with Crippen molar-refractivity contribution in [1.29, 1.82) is 0 Å². The van der Waals surface area contributed by atoms with Gasteiger partial charge in [-0.2, -0.15) is 18.3 Å². The van der Waals surface area contributed by atoms with E-state index in [1.165, 1.54) is 4.68 Å². The number of ether oxygens (including phenoxy) is 2. The Morgan fingerprint density at radius 3 is 2.53 bits per heavy atom. The zero-order valence-electron chi connectivity index (χ0n) is 19.6. The number of nitrogens with zero attached hydrogens (tertiary/aromatic N) is 5. The molecule has 0 N–H and O–H groups in total. The highest BCUT2D eigenvalue weighted by molar-refractivity contribution is 5.85. The van der Waals surface area contributed by atoms with Crippen LogP contribution in [0.15, 0.2) is 12.3 Å². The van der Waals surface area contributed by atoms with Gasteiger partial charge in [0, 0.05) is 36.6 Å². The topological polar surface area (TPSA) is 89.8 Å². The molecule has 0 bridgehead atoms. The average molecular weight is 483 g/mol. The van der Waals surface area contributed by atoms with Crippen LogP contribution >= 0.6 is 0 Å². The van der Waals surface area contributed by atoms with Crippen LogP contribution < -0.4 is 0 Å². The van der Waals surface area contributed by atoms with E-state index in [4.69, 9.17) is 9.47 Å². The Hall–Kier alpha value is -2.89. The second kappa shape index (κ2) is 8.71. The summed E-state index contributed by atoms with van der Waals surface area (Å²) < 4.78 is 50.8. The predicted molar refractivity (Wildman–Crippen MR) is 115 cm³/mol. The molecule has 2 aromatic heterocycles. The van der Waals surface area contributed by atoms with Gasteiger partial charge in [-0.05, 0) is 33.8 Å². The summed E-state index contributed by atoms with van der Waals surface area (Å²) in [4.78, 5) is 32.2. The molecular formula is C22H28F3N5O4. The Labute approximate surface area is 194 Å². The molecule has 12 heteroatoms. The van der Waals surface area contributed by atoms with Crippen molar-refractivity contribution < 1.29 is 32.2 Å². The van der Waals surface area contributed by atoms with Crippen molar-refractivity contribution in [2.75, 3.05) is 32.8 Å². The fourth-order valence-electron chi connectivity index (χ4n) is 4.05. The van der Waals surface area contributed by atoms with Crippen LogP contribution in [0.4, 0.5) is 18.0 Å². The van der Waals surface area contributed by atoms with Crippen molar-refractivity contribution in [2.24, 2.45) is 0 Å². The van der Waals surface area contributed by atoms with Gasteiger partial charge in [-0.25, -0.2) is 4.79 Å². The molecule has 1 atom stereocenters. The second-order valence-electron chi connectivity index (χ2n) is 9.71. The first-order chi connectivity index (χ1) is 15.8. The summed E-state index contributed by atoms with van der Waals surface area (Å²) in [5.41, 5.74) is 1.52. The summed E-state index contributed by atoms with van der Waals surface area (Å²) in [6, 6.07) is 1.86. The number of fused-ring (bicyclic) bond motifs is 1. The van der Waals surface area contributed by atoms with Gasteiger partial charge in [-0.3, -0.25) is 14.5 Å². The number of likely N-dealkylation sites (tertiary alicyclic amines) is 1. The van der Waals surface area contributed by atoms with Gasteiger partial charge in [-0.1, -0.05) is 0 Å². The molecule has 2 amide bonds. The van der Waals surface area contributed by atoms with Gasteiger partial charge in [-0.15, -0.1) is 0 Å². The molecule has 2 fully saturated rings. The highest BCUT2D eigenvalue weighted by Gasteiger charge is 2.44. The molecule has 2 aliphatic heterocycles. The van der Waals surface area contributed by atoms with Crippen molar-refractivity contribution in [2.45, 2.75) is 58.0 Å². The minimum atomic E-state index is -4.53. The van der Waals surface area contributed by atoms with Crippen LogP contribution in [0.2, 0.25) is 0 Å². The van der Waals surface area contributed by atoms with Crippen LogP contribution in [-0.4, -0.2) is 87.2 Å². The van der Waals surface area contributed by atoms with Crippen LogP contribution in [0, 0.1) is 6.92 Å². The number of morpholine rings is 1. The predicted octanol–water partition coefficient (Wildman–Crippen LogP) is 2.86. The summed E-state index contributed by atoms with van der Waals surface area (Å²) in [5, 5.41) is 5.43. The first-order valence-electron chi connectivity index (χ1n) is 11.1. The fraction of sp³-hybridized carbons (Fsp3) is 0.636. The van der Waals surface area contributed by atoms with Gasteiger partial charge in [0.15, 0.2) is 6.10 Å². The molecule has 4 rings (SSSR count). The maximum Gasteiger partial charge on any atom is 0.416 e. The van der Waals surface area contributed by atoms with E-state index >= 15 is 0 Å². The molecule has 0 aromatic carbocycles. The highest BCUT2D eigenvalue weighted by Crippen LogP contribution is 2.33. The molecule has 0 aliphatic carbocycles. The molecule has 0 spiro atoms. The minimum absolute atomic E-state index is 0.0498. The van der Waals surface area contributed by atoms with Crippen LogP contribution in [-0.2, 0) is 20.8 Å². The number of hydrogen-bond donors (Lipinski definition) is 0. The Morgan fingerprint density at radius 1 is 1.18 bits per heavy atom. The van der Waals surface area contributed by atoms with Crippen LogP contribution in [0.3, 0.4) is 0 Å².